The van der Waals surface area contributed by atoms with E-state index in [0.29, 0.717) is 36.0 Å². The fourth-order valence-corrected chi connectivity index (χ4v) is 4.49. The summed E-state index contributed by atoms with van der Waals surface area (Å²) in [6.07, 6.45) is 0.684. The van der Waals surface area contributed by atoms with Crippen molar-refractivity contribution in [3.63, 3.8) is 0 Å². The Labute approximate surface area is 171 Å². The predicted octanol–water partition coefficient (Wildman–Crippen LogP) is 2.38. The minimum atomic E-state index is -3.96. The number of hydrogen-bond donors (Lipinski definition) is 1. The molecule has 2 aromatic carbocycles. The van der Waals surface area contributed by atoms with Gasteiger partial charge >= 0.3 is 0 Å². The maximum absolute atomic E-state index is 13.1. The Balaban J connectivity index is 2.02. The van der Waals surface area contributed by atoms with Crippen LogP contribution in [0.4, 0.5) is 5.69 Å². The normalized spacial score (nSPS) is 16.0. The standard InChI is InChI=1S/C20H26N2O6S/c1-22(2)13-10-15-17(26-4)9-7-16(20(15)28-12-13)21-29(23,24)19-11-14(25-3)6-8-18(19)27-5/h6-9,11,13,21H,10,12H2,1-5H3/t13-/m1/s1. The van der Waals surface area contributed by atoms with Gasteiger partial charge in [-0.1, -0.05) is 0 Å². The molecule has 0 aromatic heterocycles. The fraction of sp³-hybridized carbons (Fsp3) is 0.400. The van der Waals surface area contributed by atoms with Gasteiger partial charge in [-0.25, -0.2) is 8.42 Å². The van der Waals surface area contributed by atoms with E-state index in [4.69, 9.17) is 18.9 Å². The lowest BCUT2D eigenvalue weighted by atomic mass is 10.00. The lowest BCUT2D eigenvalue weighted by molar-refractivity contribution is 0.164. The van der Waals surface area contributed by atoms with Crippen LogP contribution in [0.15, 0.2) is 35.2 Å². The molecule has 0 bridgehead atoms. The molecule has 1 aliphatic rings. The second-order valence-electron chi connectivity index (χ2n) is 6.88. The maximum Gasteiger partial charge on any atom is 0.265 e. The average Bonchev–Trinajstić information content (AvgIpc) is 2.72. The topological polar surface area (TPSA) is 86.3 Å². The molecule has 0 radical (unpaired) electrons. The van der Waals surface area contributed by atoms with Gasteiger partial charge in [0.2, 0.25) is 0 Å². The lowest BCUT2D eigenvalue weighted by Gasteiger charge is -2.32. The summed E-state index contributed by atoms with van der Waals surface area (Å²) < 4.78 is 50.7. The van der Waals surface area contributed by atoms with Crippen molar-refractivity contribution in [2.45, 2.75) is 17.4 Å². The zero-order valence-corrected chi connectivity index (χ0v) is 18.0. The number of rotatable bonds is 7. The summed E-state index contributed by atoms with van der Waals surface area (Å²) in [5, 5.41) is 0. The zero-order valence-electron chi connectivity index (χ0n) is 17.2. The van der Waals surface area contributed by atoms with Crippen molar-refractivity contribution in [1.82, 2.24) is 4.90 Å². The van der Waals surface area contributed by atoms with Gasteiger partial charge < -0.3 is 23.8 Å². The Morgan fingerprint density at radius 3 is 2.34 bits per heavy atom. The number of anilines is 1. The summed E-state index contributed by atoms with van der Waals surface area (Å²) in [6.45, 7) is 0.449. The van der Waals surface area contributed by atoms with E-state index in [1.807, 2.05) is 14.1 Å². The Kier molecular flexibility index (Phi) is 6.09. The molecule has 0 amide bonds. The summed E-state index contributed by atoms with van der Waals surface area (Å²) in [7, 11) is 4.47. The van der Waals surface area contributed by atoms with E-state index in [1.165, 1.54) is 20.3 Å². The van der Waals surface area contributed by atoms with Crippen molar-refractivity contribution in [3.8, 4) is 23.0 Å². The van der Waals surface area contributed by atoms with Crippen molar-refractivity contribution < 1.29 is 27.4 Å². The number of benzene rings is 2. The molecule has 3 rings (SSSR count). The van der Waals surface area contributed by atoms with Crippen LogP contribution in [0.3, 0.4) is 0 Å². The van der Waals surface area contributed by atoms with Crippen molar-refractivity contribution >= 4 is 15.7 Å². The van der Waals surface area contributed by atoms with E-state index in [2.05, 4.69) is 9.62 Å². The number of nitrogens with zero attached hydrogens (tertiary/aromatic N) is 1. The Hall–Kier alpha value is -2.65. The molecule has 1 aliphatic heterocycles. The second kappa shape index (κ2) is 8.38. The van der Waals surface area contributed by atoms with Crippen LogP contribution < -0.4 is 23.7 Å². The number of hydrogen-bond acceptors (Lipinski definition) is 7. The summed E-state index contributed by atoms with van der Waals surface area (Å²) in [4.78, 5) is 2.05. The first-order valence-corrected chi connectivity index (χ1v) is 10.5. The Morgan fingerprint density at radius 2 is 1.72 bits per heavy atom. The molecule has 1 atom stereocenters. The van der Waals surface area contributed by atoms with Crippen LogP contribution in [0.5, 0.6) is 23.0 Å². The second-order valence-corrected chi connectivity index (χ2v) is 8.53. The molecular formula is C20H26N2O6S. The molecule has 8 nitrogen and oxygen atoms in total. The van der Waals surface area contributed by atoms with Gasteiger partial charge in [0.1, 0.15) is 34.5 Å². The monoisotopic (exact) mass is 422 g/mol. The molecule has 0 fully saturated rings. The summed E-state index contributed by atoms with van der Waals surface area (Å²) >= 11 is 0. The van der Waals surface area contributed by atoms with E-state index < -0.39 is 10.0 Å². The largest absolute Gasteiger partial charge is 0.497 e. The van der Waals surface area contributed by atoms with Gasteiger partial charge in [-0.3, -0.25) is 4.72 Å². The predicted molar refractivity (Wildman–Crippen MR) is 110 cm³/mol. The van der Waals surface area contributed by atoms with E-state index in [9.17, 15) is 8.42 Å². The first-order chi connectivity index (χ1) is 13.8. The average molecular weight is 423 g/mol. The molecule has 158 valence electrons. The molecule has 2 aromatic rings. The van der Waals surface area contributed by atoms with E-state index in [0.717, 1.165) is 5.56 Å². The highest BCUT2D eigenvalue weighted by Gasteiger charge is 2.29. The molecule has 0 aliphatic carbocycles. The highest BCUT2D eigenvalue weighted by molar-refractivity contribution is 7.92. The molecule has 0 spiro atoms. The molecule has 1 heterocycles. The van der Waals surface area contributed by atoms with Gasteiger partial charge in [0, 0.05) is 17.7 Å². The fourth-order valence-electron chi connectivity index (χ4n) is 3.24. The molecule has 0 saturated carbocycles. The van der Waals surface area contributed by atoms with Crippen LogP contribution in [-0.4, -0.2) is 61.4 Å². The highest BCUT2D eigenvalue weighted by atomic mass is 32.2. The molecule has 0 unspecified atom stereocenters. The van der Waals surface area contributed by atoms with Gasteiger partial charge in [0.25, 0.3) is 10.0 Å². The maximum atomic E-state index is 13.1. The Bertz CT molecular complexity index is 991. The third kappa shape index (κ3) is 4.20. The van der Waals surface area contributed by atoms with Gasteiger partial charge in [0.15, 0.2) is 0 Å². The first kappa shape index (κ1) is 21.1. The molecule has 29 heavy (non-hydrogen) atoms. The first-order valence-electron chi connectivity index (χ1n) is 9.04. The third-order valence-electron chi connectivity index (χ3n) is 4.93. The Morgan fingerprint density at radius 1 is 1.03 bits per heavy atom. The molecule has 1 N–H and O–H groups in total. The van der Waals surface area contributed by atoms with Crippen LogP contribution in [0.2, 0.25) is 0 Å². The number of fused-ring (bicyclic) bond motifs is 1. The van der Waals surface area contributed by atoms with Crippen molar-refractivity contribution in [2.24, 2.45) is 0 Å². The van der Waals surface area contributed by atoms with Crippen molar-refractivity contribution in [2.75, 3.05) is 46.8 Å². The van der Waals surface area contributed by atoms with E-state index in [1.54, 1.807) is 31.4 Å². The number of methoxy groups -OCH3 is 3. The SMILES string of the molecule is COc1ccc(OC)c(S(=O)(=O)Nc2ccc(OC)c3c2OC[C@H](N(C)C)C3)c1. The molecular weight excluding hydrogens is 396 g/mol. The van der Waals surface area contributed by atoms with Crippen LogP contribution in [0.25, 0.3) is 0 Å². The lowest BCUT2D eigenvalue weighted by Crippen LogP contribution is -2.38. The quantitative estimate of drug-likeness (QED) is 0.733. The van der Waals surface area contributed by atoms with Crippen LogP contribution in [-0.2, 0) is 16.4 Å². The number of likely N-dealkylation sites (N-methyl/N-ethyl adjacent to an activating group) is 1. The van der Waals surface area contributed by atoms with Crippen molar-refractivity contribution in [1.29, 1.82) is 0 Å². The zero-order chi connectivity index (χ0) is 21.2. The molecule has 0 saturated heterocycles. The van der Waals surface area contributed by atoms with E-state index in [-0.39, 0.29) is 16.7 Å². The van der Waals surface area contributed by atoms with E-state index >= 15 is 0 Å². The van der Waals surface area contributed by atoms with Gasteiger partial charge in [0.05, 0.1) is 27.0 Å². The van der Waals surface area contributed by atoms with Gasteiger partial charge in [-0.15, -0.1) is 0 Å². The van der Waals surface area contributed by atoms with Gasteiger partial charge in [-0.05, 0) is 44.8 Å². The van der Waals surface area contributed by atoms with Crippen molar-refractivity contribution in [3.05, 3.63) is 35.9 Å². The minimum absolute atomic E-state index is 0.0223. The smallest absolute Gasteiger partial charge is 0.265 e. The highest BCUT2D eigenvalue weighted by Crippen LogP contribution is 2.41. The third-order valence-corrected chi connectivity index (χ3v) is 6.32. The number of nitrogens with one attached hydrogen (secondary N) is 1. The van der Waals surface area contributed by atoms with Crippen LogP contribution >= 0.6 is 0 Å². The van der Waals surface area contributed by atoms with Crippen LogP contribution in [0, 0.1) is 0 Å². The summed E-state index contributed by atoms with van der Waals surface area (Å²) in [5.41, 5.74) is 1.18. The van der Waals surface area contributed by atoms with Gasteiger partial charge in [-0.2, -0.15) is 0 Å². The minimum Gasteiger partial charge on any atom is -0.497 e. The molecule has 9 heteroatoms. The number of ether oxygens (including phenoxy) is 4. The van der Waals surface area contributed by atoms with Crippen LogP contribution in [0.1, 0.15) is 5.56 Å². The summed E-state index contributed by atoms with van der Waals surface area (Å²) in [5.74, 6) is 1.77. The summed E-state index contributed by atoms with van der Waals surface area (Å²) in [6, 6.07) is 8.15. The number of sulfonamides is 1.